The summed E-state index contributed by atoms with van der Waals surface area (Å²) in [5.74, 6) is -2.50. The van der Waals surface area contributed by atoms with Crippen LogP contribution in [0.2, 0.25) is 0 Å². The Morgan fingerprint density at radius 1 is 0.686 bits per heavy atom. The number of hydrogen-bond acceptors (Lipinski definition) is 6. The van der Waals surface area contributed by atoms with Crippen LogP contribution in [0, 0.1) is 0 Å². The molecule has 3 aromatic rings. The molecule has 0 bridgehead atoms. The van der Waals surface area contributed by atoms with E-state index >= 15 is 0 Å². The van der Waals surface area contributed by atoms with Crippen molar-refractivity contribution in [1.29, 1.82) is 0 Å². The Bertz CT molecular complexity index is 1130. The fourth-order valence-electron chi connectivity index (χ4n) is 3.63. The molecule has 0 atom stereocenters. The van der Waals surface area contributed by atoms with Gasteiger partial charge in [-0.25, -0.2) is 9.59 Å². The van der Waals surface area contributed by atoms with E-state index in [0.717, 1.165) is 12.8 Å². The molecule has 6 heteroatoms. The van der Waals surface area contributed by atoms with E-state index in [9.17, 15) is 19.5 Å². The first-order valence-electron chi connectivity index (χ1n) is 11.9. The van der Waals surface area contributed by atoms with Gasteiger partial charge in [0.2, 0.25) is 0 Å². The predicted molar refractivity (Wildman–Crippen MR) is 131 cm³/mol. The fourth-order valence-corrected chi connectivity index (χ4v) is 3.63. The number of aromatic carboxylic acids is 1. The lowest BCUT2D eigenvalue weighted by Gasteiger charge is -2.11. The van der Waals surface area contributed by atoms with Crippen LogP contribution in [0.1, 0.15) is 82.1 Å². The topological polar surface area (TPSA) is 92.7 Å². The third kappa shape index (κ3) is 7.81. The van der Waals surface area contributed by atoms with Gasteiger partial charge >= 0.3 is 11.9 Å². The molecule has 0 amide bonds. The Hall–Kier alpha value is -3.93. The first kappa shape index (κ1) is 25.7. The van der Waals surface area contributed by atoms with E-state index in [1.54, 1.807) is 18.2 Å². The zero-order valence-electron chi connectivity index (χ0n) is 19.8. The smallest absolute Gasteiger partial charge is 0.343 e. The summed E-state index contributed by atoms with van der Waals surface area (Å²) in [5.41, 5.74) is 1.60. The van der Waals surface area contributed by atoms with E-state index in [-0.39, 0.29) is 22.6 Å². The third-order valence-corrected chi connectivity index (χ3v) is 5.62. The monoisotopic (exact) mass is 473 g/mol. The molecular weight excluding hydrogens is 444 g/mol. The van der Waals surface area contributed by atoms with Crippen molar-refractivity contribution in [1.82, 2.24) is 0 Å². The minimum absolute atomic E-state index is 0.104. The van der Waals surface area contributed by atoms with E-state index in [0.29, 0.717) is 5.56 Å². The summed E-state index contributed by atoms with van der Waals surface area (Å²) < 4.78 is 10.6. The Kier molecular flexibility index (Phi) is 9.60. The molecule has 35 heavy (non-hydrogen) atoms. The van der Waals surface area contributed by atoms with Crippen LogP contribution in [0.5, 0.6) is 11.5 Å². The van der Waals surface area contributed by atoms with Gasteiger partial charge in [-0.05, 0) is 66.9 Å². The third-order valence-electron chi connectivity index (χ3n) is 5.62. The zero-order valence-corrected chi connectivity index (χ0v) is 19.8. The molecule has 0 aromatic heterocycles. The van der Waals surface area contributed by atoms with Gasteiger partial charge < -0.3 is 19.4 Å². The van der Waals surface area contributed by atoms with Crippen LogP contribution in [-0.4, -0.2) is 17.9 Å². The number of esters is 2. The second kappa shape index (κ2) is 13.1. The van der Waals surface area contributed by atoms with Gasteiger partial charge in [0.05, 0.1) is 17.1 Å². The lowest BCUT2D eigenvalue weighted by molar-refractivity contribution is -0.255. The molecule has 0 aliphatic heterocycles. The largest absolute Gasteiger partial charge is 0.545 e. The van der Waals surface area contributed by atoms with E-state index < -0.39 is 17.9 Å². The summed E-state index contributed by atoms with van der Waals surface area (Å²) in [4.78, 5) is 36.0. The van der Waals surface area contributed by atoms with Gasteiger partial charge in [-0.15, -0.1) is 0 Å². The van der Waals surface area contributed by atoms with Crippen molar-refractivity contribution in [3.05, 3.63) is 95.1 Å². The first-order chi connectivity index (χ1) is 17.0. The first-order valence-corrected chi connectivity index (χ1v) is 11.9. The van der Waals surface area contributed by atoms with Crippen molar-refractivity contribution < 1.29 is 29.0 Å². The highest BCUT2D eigenvalue weighted by Crippen LogP contribution is 2.20. The molecule has 0 saturated heterocycles. The average molecular weight is 474 g/mol. The van der Waals surface area contributed by atoms with E-state index in [2.05, 4.69) is 6.92 Å². The standard InChI is InChI=1S/C29H30O6/c1-2-3-4-5-6-7-10-21-13-15-22(16-14-21)28(32)34-24-19-17-23(18-20-24)29(33)35-26-12-9-8-11-25(26)27(30)31/h8-9,11-20H,2-7,10H2,1H3,(H,30,31)/p-1. The van der Waals surface area contributed by atoms with Crippen molar-refractivity contribution in [2.75, 3.05) is 0 Å². The second-order valence-corrected chi connectivity index (χ2v) is 8.30. The summed E-state index contributed by atoms with van der Waals surface area (Å²) in [6.45, 7) is 2.21. The molecule has 0 radical (unpaired) electrons. The molecular formula is C29H29O6-. The van der Waals surface area contributed by atoms with Gasteiger partial charge in [0.1, 0.15) is 11.5 Å². The number of para-hydroxylation sites is 1. The summed E-state index contributed by atoms with van der Waals surface area (Å²) in [5, 5.41) is 11.2. The van der Waals surface area contributed by atoms with Crippen molar-refractivity contribution >= 4 is 17.9 Å². The second-order valence-electron chi connectivity index (χ2n) is 8.30. The van der Waals surface area contributed by atoms with Crippen LogP contribution in [-0.2, 0) is 6.42 Å². The maximum Gasteiger partial charge on any atom is 0.343 e. The minimum Gasteiger partial charge on any atom is -0.545 e. The number of carboxylic acid groups (broad SMARTS) is 1. The molecule has 182 valence electrons. The normalized spacial score (nSPS) is 10.5. The van der Waals surface area contributed by atoms with Crippen molar-refractivity contribution in [3.63, 3.8) is 0 Å². The molecule has 0 aliphatic carbocycles. The molecule has 3 aromatic carbocycles. The van der Waals surface area contributed by atoms with Crippen LogP contribution in [0.25, 0.3) is 0 Å². The van der Waals surface area contributed by atoms with Crippen molar-refractivity contribution in [2.24, 2.45) is 0 Å². The number of carboxylic acids is 1. The molecule has 0 heterocycles. The molecule has 0 aliphatic rings. The highest BCUT2D eigenvalue weighted by Gasteiger charge is 2.14. The molecule has 0 saturated carbocycles. The van der Waals surface area contributed by atoms with E-state index in [1.165, 1.54) is 80.1 Å². The van der Waals surface area contributed by atoms with Crippen LogP contribution in [0.3, 0.4) is 0 Å². The maximum absolute atomic E-state index is 12.5. The summed E-state index contributed by atoms with van der Waals surface area (Å²) in [6, 6.07) is 19.0. The van der Waals surface area contributed by atoms with Gasteiger partial charge in [-0.2, -0.15) is 0 Å². The number of hydrogen-bond donors (Lipinski definition) is 0. The zero-order chi connectivity index (χ0) is 25.0. The molecule has 0 fully saturated rings. The lowest BCUT2D eigenvalue weighted by Crippen LogP contribution is -2.23. The molecule has 0 spiro atoms. The van der Waals surface area contributed by atoms with Crippen LogP contribution < -0.4 is 14.6 Å². The number of rotatable bonds is 12. The van der Waals surface area contributed by atoms with Gasteiger partial charge in [-0.3, -0.25) is 0 Å². The van der Waals surface area contributed by atoms with E-state index in [4.69, 9.17) is 9.47 Å². The highest BCUT2D eigenvalue weighted by molar-refractivity contribution is 5.95. The van der Waals surface area contributed by atoms with Gasteiger partial charge in [0.25, 0.3) is 0 Å². The molecule has 0 N–H and O–H groups in total. The highest BCUT2D eigenvalue weighted by atomic mass is 16.5. The summed E-state index contributed by atoms with van der Waals surface area (Å²) in [7, 11) is 0. The number of unbranched alkanes of at least 4 members (excludes halogenated alkanes) is 5. The Labute approximate surface area is 205 Å². The minimum atomic E-state index is -1.44. The van der Waals surface area contributed by atoms with E-state index in [1.807, 2.05) is 12.1 Å². The Morgan fingerprint density at radius 3 is 1.91 bits per heavy atom. The lowest BCUT2D eigenvalue weighted by atomic mass is 10.0. The van der Waals surface area contributed by atoms with Crippen LogP contribution in [0.4, 0.5) is 0 Å². The SMILES string of the molecule is CCCCCCCCc1ccc(C(=O)Oc2ccc(C(=O)Oc3ccccc3C(=O)[O-])cc2)cc1. The number of aryl methyl sites for hydroxylation is 1. The van der Waals surface area contributed by atoms with Gasteiger partial charge in [-0.1, -0.05) is 63.3 Å². The fraction of sp³-hybridized carbons (Fsp3) is 0.276. The van der Waals surface area contributed by atoms with Gasteiger partial charge in [0, 0.05) is 5.56 Å². The summed E-state index contributed by atoms with van der Waals surface area (Å²) >= 11 is 0. The average Bonchev–Trinajstić information content (AvgIpc) is 2.87. The number of carbonyl (C=O) groups excluding carboxylic acids is 3. The Morgan fingerprint density at radius 2 is 1.26 bits per heavy atom. The van der Waals surface area contributed by atoms with Gasteiger partial charge in [0.15, 0.2) is 0 Å². The molecule has 6 nitrogen and oxygen atoms in total. The molecule has 3 rings (SSSR count). The van der Waals surface area contributed by atoms with Crippen LogP contribution >= 0.6 is 0 Å². The maximum atomic E-state index is 12.5. The number of carbonyl (C=O) groups is 3. The number of ether oxygens (including phenoxy) is 2. The summed E-state index contributed by atoms with van der Waals surface area (Å²) in [6.07, 6.45) is 8.45. The van der Waals surface area contributed by atoms with Crippen LogP contribution in [0.15, 0.2) is 72.8 Å². The Balaban J connectivity index is 1.51. The predicted octanol–water partition coefficient (Wildman–Crippen LogP) is 5.39. The van der Waals surface area contributed by atoms with Crippen molar-refractivity contribution in [3.8, 4) is 11.5 Å². The molecule has 0 unspecified atom stereocenters. The quantitative estimate of drug-likeness (QED) is 0.199. The van der Waals surface area contributed by atoms with Crippen molar-refractivity contribution in [2.45, 2.75) is 51.9 Å². The number of benzene rings is 3.